The van der Waals surface area contributed by atoms with Crippen LogP contribution in [0.5, 0.6) is 5.75 Å². The Morgan fingerprint density at radius 3 is 1.62 bits per heavy atom. The molecule has 2 heterocycles. The van der Waals surface area contributed by atoms with Gasteiger partial charge in [-0.15, -0.1) is 22.7 Å². The van der Waals surface area contributed by atoms with Crippen LogP contribution in [-0.2, 0) is 27.5 Å². The largest absolute Gasteiger partial charge is 0.493 e. The molecule has 5 nitrogen and oxygen atoms in total. The molecule has 0 aliphatic heterocycles. The number of carbonyl (C=O) groups is 2. The average molecular weight is 815 g/mol. The summed E-state index contributed by atoms with van der Waals surface area (Å²) >= 11 is 1.75. The van der Waals surface area contributed by atoms with Crippen molar-refractivity contribution < 1.29 is 50.1 Å². The predicted octanol–water partition coefficient (Wildman–Crippen LogP) is 13.4. The van der Waals surface area contributed by atoms with E-state index in [4.69, 9.17) is 14.2 Å². The van der Waals surface area contributed by atoms with Gasteiger partial charge in [0.25, 0.3) is 0 Å². The monoisotopic (exact) mass is 814 g/mol. The van der Waals surface area contributed by atoms with E-state index in [-0.39, 0.29) is 31.7 Å². The van der Waals surface area contributed by atoms with Gasteiger partial charge < -0.3 is 14.2 Å². The van der Waals surface area contributed by atoms with Crippen molar-refractivity contribution in [1.82, 2.24) is 0 Å². The number of benzene rings is 1. The van der Waals surface area contributed by atoms with Crippen LogP contribution in [-0.4, -0.2) is 36.3 Å². The minimum atomic E-state index is -5.73. The van der Waals surface area contributed by atoms with Crippen LogP contribution in [0.25, 0.3) is 11.1 Å². The van der Waals surface area contributed by atoms with Crippen LogP contribution in [0, 0.1) is 19.8 Å². The molecule has 55 heavy (non-hydrogen) atoms. The van der Waals surface area contributed by atoms with Crippen molar-refractivity contribution in [2.75, 3.05) is 6.61 Å². The number of allylic oxidation sites excluding steroid dienone is 2. The Morgan fingerprint density at radius 1 is 0.673 bits per heavy atom. The fourth-order valence-electron chi connectivity index (χ4n) is 6.84. The van der Waals surface area contributed by atoms with Gasteiger partial charge in [-0.2, -0.15) is 26.3 Å². The summed E-state index contributed by atoms with van der Waals surface area (Å²) in [5, 5.41) is 0. The van der Waals surface area contributed by atoms with Crippen molar-refractivity contribution in [3.8, 4) is 5.75 Å². The summed E-state index contributed by atoms with van der Waals surface area (Å²) in [4.78, 5) is 24.8. The van der Waals surface area contributed by atoms with Crippen molar-refractivity contribution in [2.24, 2.45) is 5.92 Å². The van der Waals surface area contributed by atoms with E-state index in [1.54, 1.807) is 24.3 Å². The molecule has 0 saturated heterocycles. The van der Waals surface area contributed by atoms with Gasteiger partial charge in [0.2, 0.25) is 0 Å². The van der Waals surface area contributed by atoms with Gasteiger partial charge in [-0.05, 0) is 80.1 Å². The van der Waals surface area contributed by atoms with Gasteiger partial charge in [0.15, 0.2) is 0 Å². The normalized spacial score (nSPS) is 16.3. The maximum absolute atomic E-state index is 15.5. The molecule has 3 aromatic rings. The van der Waals surface area contributed by atoms with Gasteiger partial charge in [0, 0.05) is 37.6 Å². The second kappa shape index (κ2) is 19.7. The number of rotatable bonds is 22. The molecule has 4 rings (SSSR count). The van der Waals surface area contributed by atoms with E-state index in [2.05, 4.69) is 13.8 Å². The molecule has 0 bridgehead atoms. The molecule has 0 saturated carbocycles. The highest BCUT2D eigenvalue weighted by atomic mass is 32.1. The van der Waals surface area contributed by atoms with Crippen LogP contribution < -0.4 is 4.74 Å². The Bertz CT molecular complexity index is 1760. The fraction of sp³-hybridized carbons (Fsp3) is 0.571. The Morgan fingerprint density at radius 2 is 1.13 bits per heavy atom. The molecule has 1 unspecified atom stereocenters. The third-order valence-corrected chi connectivity index (χ3v) is 12.0. The molecule has 1 atom stereocenters. The Balaban J connectivity index is 1.45. The molecule has 13 heteroatoms. The molecule has 0 amide bonds. The van der Waals surface area contributed by atoms with Crippen LogP contribution in [0.3, 0.4) is 0 Å². The molecule has 0 fully saturated rings. The summed E-state index contributed by atoms with van der Waals surface area (Å²) in [5.74, 6) is -16.5. The van der Waals surface area contributed by atoms with E-state index in [0.717, 1.165) is 54.6 Å². The molecule has 1 aliphatic carbocycles. The van der Waals surface area contributed by atoms with Gasteiger partial charge in [0.1, 0.15) is 19.0 Å². The van der Waals surface area contributed by atoms with Crippen LogP contribution in [0.2, 0.25) is 0 Å². The van der Waals surface area contributed by atoms with Crippen molar-refractivity contribution in [3.05, 3.63) is 72.6 Å². The number of ether oxygens (including phenoxy) is 3. The van der Waals surface area contributed by atoms with Crippen LogP contribution in [0.4, 0.5) is 26.3 Å². The Hall–Kier alpha value is -3.32. The smallest absolute Gasteiger partial charge is 0.380 e. The second-order valence-electron chi connectivity index (χ2n) is 14.3. The van der Waals surface area contributed by atoms with Gasteiger partial charge in [0.05, 0.1) is 12.2 Å². The molecule has 304 valence electrons. The second-order valence-corrected chi connectivity index (χ2v) is 17.0. The molecular formula is C42H52F6O5S2. The highest BCUT2D eigenvalue weighted by Gasteiger charge is 2.80. The number of thiophene rings is 2. The summed E-state index contributed by atoms with van der Waals surface area (Å²) in [5.41, 5.74) is -3.72. The quantitative estimate of drug-likeness (QED) is 0.0574. The predicted molar refractivity (Wildman–Crippen MR) is 207 cm³/mol. The molecule has 0 radical (unpaired) electrons. The maximum atomic E-state index is 15.5. The zero-order chi connectivity index (χ0) is 40.4. The zero-order valence-corrected chi connectivity index (χ0v) is 33.9. The van der Waals surface area contributed by atoms with Crippen molar-refractivity contribution >= 4 is 45.8 Å². The first kappa shape index (κ1) is 44.4. The van der Waals surface area contributed by atoms with Crippen LogP contribution in [0.1, 0.15) is 139 Å². The zero-order valence-electron chi connectivity index (χ0n) is 32.3. The molecule has 1 aliphatic rings. The van der Waals surface area contributed by atoms with E-state index in [1.165, 1.54) is 78.1 Å². The minimum Gasteiger partial charge on any atom is -0.493 e. The lowest BCUT2D eigenvalue weighted by atomic mass is 9.95. The van der Waals surface area contributed by atoms with E-state index < -0.39 is 58.6 Å². The molecular weight excluding hydrogens is 763 g/mol. The standard InChI is InChI=1S/C42H52F6O5S2/c1-6-8-10-12-13-15-17-30(16-14-11-9-7-2)24-52-32-20-18-31(19-21-32)39(50)53-26-34-23-36(28(4)55-34)38-37(40(43,44)42(47,48)41(38,45)46)35-22-33(54-27(35)3)25-51-29(5)49/h18-23,30H,6-17,24-26H2,1-5H3. The van der Waals surface area contributed by atoms with Crippen molar-refractivity contribution in [3.63, 3.8) is 0 Å². The molecule has 0 N–H and O–H groups in total. The number of esters is 2. The van der Waals surface area contributed by atoms with E-state index >= 15 is 17.6 Å². The van der Waals surface area contributed by atoms with Crippen molar-refractivity contribution in [1.29, 1.82) is 0 Å². The lowest BCUT2D eigenvalue weighted by Crippen LogP contribution is -2.48. The third kappa shape index (κ3) is 10.8. The summed E-state index contributed by atoms with van der Waals surface area (Å²) < 4.78 is 108. The number of hydrogen-bond donors (Lipinski definition) is 0. The summed E-state index contributed by atoms with van der Waals surface area (Å²) in [6.45, 7) is 8.10. The van der Waals surface area contributed by atoms with Gasteiger partial charge >= 0.3 is 29.7 Å². The van der Waals surface area contributed by atoms with E-state index in [9.17, 15) is 18.4 Å². The Labute approximate surface area is 328 Å². The van der Waals surface area contributed by atoms with Gasteiger partial charge in [-0.1, -0.05) is 78.1 Å². The van der Waals surface area contributed by atoms with Crippen molar-refractivity contribution in [2.45, 2.75) is 143 Å². The highest BCUT2D eigenvalue weighted by molar-refractivity contribution is 7.12. The molecule has 0 spiro atoms. The topological polar surface area (TPSA) is 61.8 Å². The maximum Gasteiger partial charge on any atom is 0.380 e. The number of alkyl halides is 6. The lowest BCUT2D eigenvalue weighted by Gasteiger charge is -2.25. The third-order valence-electron chi connectivity index (χ3n) is 9.91. The minimum absolute atomic E-state index is 0.0707. The van der Waals surface area contributed by atoms with Gasteiger partial charge in [-0.25, -0.2) is 4.79 Å². The SMILES string of the molecule is CCCCCCCCC(CCCCCC)COc1ccc(C(=O)OCc2cc(C3=C(c4cc(COC(C)=O)sc4C)C(F)(F)C(F)(F)C3(F)F)c(C)s2)cc1. The fourth-order valence-corrected chi connectivity index (χ4v) is 8.75. The first-order valence-corrected chi connectivity index (χ1v) is 20.8. The molecule has 1 aromatic carbocycles. The number of unbranched alkanes of at least 4 members (excludes halogenated alkanes) is 8. The molecule has 2 aromatic heterocycles. The van der Waals surface area contributed by atoms with Gasteiger partial charge in [-0.3, -0.25) is 4.79 Å². The Kier molecular flexibility index (Phi) is 15.9. The lowest BCUT2D eigenvalue weighted by molar-refractivity contribution is -0.254. The van der Waals surface area contributed by atoms with E-state index in [1.807, 2.05) is 0 Å². The number of hydrogen-bond acceptors (Lipinski definition) is 7. The van der Waals surface area contributed by atoms with Crippen LogP contribution in [0.15, 0.2) is 36.4 Å². The number of aryl methyl sites for hydroxylation is 2. The summed E-state index contributed by atoms with van der Waals surface area (Å²) in [6.07, 6.45) is 14.4. The first-order chi connectivity index (χ1) is 26.0. The summed E-state index contributed by atoms with van der Waals surface area (Å²) in [6, 6.07) is 8.66. The van der Waals surface area contributed by atoms with Crippen LogP contribution >= 0.6 is 22.7 Å². The highest BCUT2D eigenvalue weighted by Crippen LogP contribution is 2.65. The summed E-state index contributed by atoms with van der Waals surface area (Å²) in [7, 11) is 0. The number of carbonyl (C=O) groups excluding carboxylic acids is 2. The number of halogens is 6. The first-order valence-electron chi connectivity index (χ1n) is 19.2. The van der Waals surface area contributed by atoms with E-state index in [0.29, 0.717) is 18.3 Å². The average Bonchev–Trinajstić information content (AvgIpc) is 3.72.